The van der Waals surface area contributed by atoms with E-state index in [0.29, 0.717) is 12.1 Å². The molecule has 0 heterocycles. The minimum Gasteiger partial charge on any atom is -0.307 e. The highest BCUT2D eigenvalue weighted by Gasteiger charge is 2.11. The van der Waals surface area contributed by atoms with Gasteiger partial charge in [0.05, 0.1) is 0 Å². The highest BCUT2D eigenvalue weighted by molar-refractivity contribution is 5.18. The van der Waals surface area contributed by atoms with Gasteiger partial charge >= 0.3 is 0 Å². The van der Waals surface area contributed by atoms with E-state index < -0.39 is 0 Å². The van der Waals surface area contributed by atoms with Crippen molar-refractivity contribution in [3.05, 3.63) is 48.6 Å². The number of unbranched alkanes of at least 4 members (excludes halogenated alkanes) is 4. The summed E-state index contributed by atoms with van der Waals surface area (Å²) in [6.07, 6.45) is 11.1. The lowest BCUT2D eigenvalue weighted by atomic mass is 10.0. The van der Waals surface area contributed by atoms with Gasteiger partial charge in [-0.2, -0.15) is 0 Å². The SMILES string of the molecule is C=CC[C@@H](CCCCCCC)N[C@@H](C)c1ccccc1. The van der Waals surface area contributed by atoms with Crippen molar-refractivity contribution in [2.75, 3.05) is 0 Å². The lowest BCUT2D eigenvalue weighted by Crippen LogP contribution is -2.31. The van der Waals surface area contributed by atoms with Gasteiger partial charge in [0.1, 0.15) is 0 Å². The highest BCUT2D eigenvalue weighted by atomic mass is 14.9. The second-order valence-corrected chi connectivity index (χ2v) is 5.72. The summed E-state index contributed by atoms with van der Waals surface area (Å²) in [5, 5.41) is 3.75. The summed E-state index contributed by atoms with van der Waals surface area (Å²) in [6.45, 7) is 8.42. The van der Waals surface area contributed by atoms with Crippen LogP contribution in [0, 0.1) is 0 Å². The van der Waals surface area contributed by atoms with Gasteiger partial charge in [-0.05, 0) is 25.3 Å². The molecule has 0 saturated carbocycles. The van der Waals surface area contributed by atoms with Crippen LogP contribution in [-0.4, -0.2) is 6.04 Å². The Morgan fingerprint density at radius 3 is 2.45 bits per heavy atom. The first-order chi connectivity index (χ1) is 9.77. The van der Waals surface area contributed by atoms with E-state index in [1.807, 2.05) is 6.08 Å². The standard InChI is InChI=1S/C19H31N/c1-4-6-7-8-12-16-19(13-5-2)20-17(3)18-14-10-9-11-15-18/h5,9-11,14-15,17,19-20H,2,4,6-8,12-13,16H2,1,3H3/t17-,19-/m0/s1. The van der Waals surface area contributed by atoms with E-state index in [-0.39, 0.29) is 0 Å². The Balaban J connectivity index is 2.36. The molecule has 0 saturated heterocycles. The third-order valence-corrected chi connectivity index (χ3v) is 3.89. The Labute approximate surface area is 125 Å². The molecule has 1 aromatic carbocycles. The van der Waals surface area contributed by atoms with Crippen LogP contribution in [0.4, 0.5) is 0 Å². The minimum absolute atomic E-state index is 0.414. The second kappa shape index (κ2) is 10.7. The van der Waals surface area contributed by atoms with Crippen LogP contribution >= 0.6 is 0 Å². The maximum Gasteiger partial charge on any atom is 0.0294 e. The van der Waals surface area contributed by atoms with E-state index >= 15 is 0 Å². The van der Waals surface area contributed by atoms with Crippen molar-refractivity contribution in [3.8, 4) is 0 Å². The summed E-state index contributed by atoms with van der Waals surface area (Å²) in [7, 11) is 0. The van der Waals surface area contributed by atoms with Gasteiger partial charge in [-0.1, -0.05) is 75.4 Å². The number of nitrogens with one attached hydrogen (secondary N) is 1. The lowest BCUT2D eigenvalue weighted by molar-refractivity contribution is 0.415. The summed E-state index contributed by atoms with van der Waals surface area (Å²) in [6, 6.07) is 11.7. The van der Waals surface area contributed by atoms with Gasteiger partial charge in [-0.3, -0.25) is 0 Å². The Hall–Kier alpha value is -1.08. The first kappa shape index (κ1) is 17.0. The molecule has 1 rings (SSSR count). The van der Waals surface area contributed by atoms with E-state index in [4.69, 9.17) is 0 Å². The third-order valence-electron chi connectivity index (χ3n) is 3.89. The first-order valence-electron chi connectivity index (χ1n) is 8.19. The number of rotatable bonds is 11. The van der Waals surface area contributed by atoms with Crippen molar-refractivity contribution in [2.24, 2.45) is 0 Å². The molecular weight excluding hydrogens is 242 g/mol. The smallest absolute Gasteiger partial charge is 0.0294 e. The zero-order valence-electron chi connectivity index (χ0n) is 13.3. The van der Waals surface area contributed by atoms with Gasteiger partial charge in [0.15, 0.2) is 0 Å². The minimum atomic E-state index is 0.414. The van der Waals surface area contributed by atoms with Gasteiger partial charge in [0, 0.05) is 12.1 Å². The first-order valence-corrected chi connectivity index (χ1v) is 8.19. The fraction of sp³-hybridized carbons (Fsp3) is 0.579. The lowest BCUT2D eigenvalue weighted by Gasteiger charge is -2.23. The molecule has 0 aromatic heterocycles. The maximum absolute atomic E-state index is 3.90. The van der Waals surface area contributed by atoms with Crippen LogP contribution in [0.3, 0.4) is 0 Å². The molecule has 1 aromatic rings. The summed E-state index contributed by atoms with van der Waals surface area (Å²) in [4.78, 5) is 0. The van der Waals surface area contributed by atoms with Crippen molar-refractivity contribution in [1.29, 1.82) is 0 Å². The molecule has 1 N–H and O–H groups in total. The van der Waals surface area contributed by atoms with Crippen LogP contribution in [0.2, 0.25) is 0 Å². The van der Waals surface area contributed by atoms with Crippen molar-refractivity contribution in [3.63, 3.8) is 0 Å². The van der Waals surface area contributed by atoms with Crippen LogP contribution in [0.25, 0.3) is 0 Å². The van der Waals surface area contributed by atoms with E-state index in [0.717, 1.165) is 6.42 Å². The topological polar surface area (TPSA) is 12.0 Å². The number of benzene rings is 1. The largest absolute Gasteiger partial charge is 0.307 e. The average Bonchev–Trinajstić information content (AvgIpc) is 2.48. The second-order valence-electron chi connectivity index (χ2n) is 5.72. The van der Waals surface area contributed by atoms with Crippen molar-refractivity contribution in [2.45, 2.75) is 70.9 Å². The average molecular weight is 273 g/mol. The predicted molar refractivity (Wildman–Crippen MR) is 90.0 cm³/mol. The van der Waals surface area contributed by atoms with E-state index in [1.165, 1.54) is 44.1 Å². The Morgan fingerprint density at radius 1 is 1.10 bits per heavy atom. The van der Waals surface area contributed by atoms with E-state index in [1.54, 1.807) is 0 Å². The number of hydrogen-bond acceptors (Lipinski definition) is 1. The zero-order valence-corrected chi connectivity index (χ0v) is 13.3. The molecular formula is C19H31N. The molecule has 0 bridgehead atoms. The molecule has 112 valence electrons. The molecule has 0 aliphatic carbocycles. The zero-order chi connectivity index (χ0) is 14.6. The summed E-state index contributed by atoms with van der Waals surface area (Å²) < 4.78 is 0. The van der Waals surface area contributed by atoms with Crippen molar-refractivity contribution < 1.29 is 0 Å². The molecule has 0 amide bonds. The van der Waals surface area contributed by atoms with Crippen LogP contribution < -0.4 is 5.32 Å². The summed E-state index contributed by atoms with van der Waals surface area (Å²) >= 11 is 0. The van der Waals surface area contributed by atoms with E-state index in [2.05, 4.69) is 56.1 Å². The molecule has 0 fully saturated rings. The summed E-state index contributed by atoms with van der Waals surface area (Å²) in [5.74, 6) is 0. The van der Waals surface area contributed by atoms with E-state index in [9.17, 15) is 0 Å². The van der Waals surface area contributed by atoms with Gasteiger partial charge in [0.25, 0.3) is 0 Å². The highest BCUT2D eigenvalue weighted by Crippen LogP contribution is 2.16. The fourth-order valence-corrected chi connectivity index (χ4v) is 2.66. The van der Waals surface area contributed by atoms with Gasteiger partial charge in [-0.25, -0.2) is 0 Å². The molecule has 0 aliphatic heterocycles. The Bertz CT molecular complexity index is 344. The molecule has 0 radical (unpaired) electrons. The van der Waals surface area contributed by atoms with Crippen molar-refractivity contribution in [1.82, 2.24) is 5.32 Å². The summed E-state index contributed by atoms with van der Waals surface area (Å²) in [5.41, 5.74) is 1.37. The fourth-order valence-electron chi connectivity index (χ4n) is 2.66. The monoisotopic (exact) mass is 273 g/mol. The van der Waals surface area contributed by atoms with Crippen LogP contribution in [0.1, 0.15) is 70.4 Å². The van der Waals surface area contributed by atoms with Crippen molar-refractivity contribution >= 4 is 0 Å². The van der Waals surface area contributed by atoms with Gasteiger partial charge in [-0.15, -0.1) is 6.58 Å². The molecule has 0 unspecified atom stereocenters. The molecule has 1 nitrogen and oxygen atoms in total. The quantitative estimate of drug-likeness (QED) is 0.406. The number of hydrogen-bond donors (Lipinski definition) is 1. The molecule has 0 spiro atoms. The predicted octanol–water partition coefficient (Wildman–Crippen LogP) is 5.64. The van der Waals surface area contributed by atoms with Crippen LogP contribution in [-0.2, 0) is 0 Å². The van der Waals surface area contributed by atoms with Crippen LogP contribution in [0.5, 0.6) is 0 Å². The Kier molecular flexibility index (Phi) is 9.06. The third kappa shape index (κ3) is 6.91. The molecule has 20 heavy (non-hydrogen) atoms. The maximum atomic E-state index is 3.90. The van der Waals surface area contributed by atoms with Crippen LogP contribution in [0.15, 0.2) is 43.0 Å². The van der Waals surface area contributed by atoms with Gasteiger partial charge < -0.3 is 5.32 Å². The molecule has 2 atom stereocenters. The Morgan fingerprint density at radius 2 is 1.80 bits per heavy atom. The molecule has 1 heteroatoms. The normalized spacial score (nSPS) is 13.9. The van der Waals surface area contributed by atoms with Gasteiger partial charge in [0.2, 0.25) is 0 Å². The molecule has 0 aliphatic rings.